The highest BCUT2D eigenvalue weighted by atomic mass is 79.9. The fraction of sp³-hybridized carbons (Fsp3) is 0.130. The van der Waals surface area contributed by atoms with Gasteiger partial charge in [0.15, 0.2) is 0 Å². The van der Waals surface area contributed by atoms with Gasteiger partial charge in [0.05, 0.1) is 0 Å². The molecule has 0 aliphatic carbocycles. The summed E-state index contributed by atoms with van der Waals surface area (Å²) in [5, 5.41) is 12.9. The second kappa shape index (κ2) is 9.13. The van der Waals surface area contributed by atoms with E-state index in [1.165, 1.54) is 0 Å². The largest absolute Gasteiger partial charge is 0.347 e. The summed E-state index contributed by atoms with van der Waals surface area (Å²) in [6, 6.07) is 19.2. The van der Waals surface area contributed by atoms with Gasteiger partial charge in [-0.05, 0) is 73.5 Å². The SMILES string of the molecule is Cc1cc(C=C(C#N)C(=O)NCc2ccc(Cl)cc2)c(C)n1-c1ccc(Br)cc1. The van der Waals surface area contributed by atoms with Crippen molar-refractivity contribution in [2.45, 2.75) is 20.4 Å². The molecule has 0 aliphatic rings. The molecule has 1 N–H and O–H groups in total. The minimum atomic E-state index is -0.407. The first kappa shape index (κ1) is 20.9. The number of benzene rings is 2. The maximum absolute atomic E-state index is 12.5. The molecule has 0 aliphatic heterocycles. The van der Waals surface area contributed by atoms with Crippen molar-refractivity contribution in [3.05, 3.63) is 92.2 Å². The van der Waals surface area contributed by atoms with Crippen molar-refractivity contribution >= 4 is 39.5 Å². The van der Waals surface area contributed by atoms with E-state index in [1.54, 1.807) is 18.2 Å². The molecular formula is C23H19BrClN3O. The number of nitrogens with zero attached hydrogens (tertiary/aromatic N) is 2. The van der Waals surface area contributed by atoms with Crippen LogP contribution in [0.25, 0.3) is 11.8 Å². The molecule has 29 heavy (non-hydrogen) atoms. The fourth-order valence-corrected chi connectivity index (χ4v) is 3.50. The number of rotatable bonds is 5. The quantitative estimate of drug-likeness (QED) is 0.384. The molecule has 146 valence electrons. The number of amides is 1. The standard InChI is InChI=1S/C23H19BrClN3O/c1-15-11-18(16(2)28(15)22-9-5-20(24)6-10-22)12-19(13-26)23(29)27-14-17-3-7-21(25)8-4-17/h3-12H,14H2,1-2H3,(H,27,29). The Labute approximate surface area is 183 Å². The normalized spacial score (nSPS) is 11.2. The molecule has 0 fully saturated rings. The smallest absolute Gasteiger partial charge is 0.262 e. The second-order valence-corrected chi connectivity index (χ2v) is 7.97. The molecule has 0 atom stereocenters. The lowest BCUT2D eigenvalue weighted by molar-refractivity contribution is -0.117. The zero-order valence-electron chi connectivity index (χ0n) is 16.0. The lowest BCUT2D eigenvalue weighted by Gasteiger charge is -2.10. The van der Waals surface area contributed by atoms with Gasteiger partial charge in [-0.2, -0.15) is 5.26 Å². The molecule has 0 bridgehead atoms. The van der Waals surface area contributed by atoms with Gasteiger partial charge >= 0.3 is 0 Å². The highest BCUT2D eigenvalue weighted by Gasteiger charge is 2.13. The van der Waals surface area contributed by atoms with E-state index in [4.69, 9.17) is 11.6 Å². The van der Waals surface area contributed by atoms with Crippen LogP contribution in [-0.2, 0) is 11.3 Å². The van der Waals surface area contributed by atoms with E-state index in [9.17, 15) is 10.1 Å². The van der Waals surface area contributed by atoms with Gasteiger partial charge in [-0.3, -0.25) is 4.79 Å². The van der Waals surface area contributed by atoms with Crippen LogP contribution in [0.1, 0.15) is 22.5 Å². The second-order valence-electron chi connectivity index (χ2n) is 6.62. The third-order valence-corrected chi connectivity index (χ3v) is 5.37. The average molecular weight is 469 g/mol. The molecule has 0 unspecified atom stereocenters. The number of nitriles is 1. The predicted molar refractivity (Wildman–Crippen MR) is 120 cm³/mol. The number of carbonyl (C=O) groups excluding carboxylic acids is 1. The average Bonchev–Trinajstić information content (AvgIpc) is 2.99. The Morgan fingerprint density at radius 3 is 2.45 bits per heavy atom. The van der Waals surface area contributed by atoms with Crippen LogP contribution in [0.5, 0.6) is 0 Å². The molecule has 2 aromatic carbocycles. The summed E-state index contributed by atoms with van der Waals surface area (Å²) in [6.07, 6.45) is 1.63. The molecule has 6 heteroatoms. The highest BCUT2D eigenvalue weighted by Crippen LogP contribution is 2.24. The molecule has 0 saturated carbocycles. The van der Waals surface area contributed by atoms with E-state index >= 15 is 0 Å². The summed E-state index contributed by atoms with van der Waals surface area (Å²) in [7, 11) is 0. The zero-order chi connectivity index (χ0) is 21.0. The van der Waals surface area contributed by atoms with Crippen LogP contribution in [-0.4, -0.2) is 10.5 Å². The topological polar surface area (TPSA) is 57.8 Å². The summed E-state index contributed by atoms with van der Waals surface area (Å²) in [5.41, 5.74) is 4.82. The number of nitrogens with one attached hydrogen (secondary N) is 1. The van der Waals surface area contributed by atoms with Gasteiger partial charge in [0.2, 0.25) is 0 Å². The number of aryl methyl sites for hydroxylation is 1. The molecule has 3 aromatic rings. The molecular weight excluding hydrogens is 450 g/mol. The van der Waals surface area contributed by atoms with Gasteiger partial charge in [0.1, 0.15) is 11.6 Å². The van der Waals surface area contributed by atoms with Crippen LogP contribution < -0.4 is 5.32 Å². The van der Waals surface area contributed by atoms with E-state index in [-0.39, 0.29) is 5.57 Å². The molecule has 4 nitrogen and oxygen atoms in total. The number of carbonyl (C=O) groups is 1. The van der Waals surface area contributed by atoms with Crippen molar-refractivity contribution in [3.63, 3.8) is 0 Å². The van der Waals surface area contributed by atoms with Gasteiger partial charge in [-0.15, -0.1) is 0 Å². The van der Waals surface area contributed by atoms with Crippen molar-refractivity contribution in [2.24, 2.45) is 0 Å². The fourth-order valence-electron chi connectivity index (χ4n) is 3.11. The zero-order valence-corrected chi connectivity index (χ0v) is 18.4. The molecule has 3 rings (SSSR count). The summed E-state index contributed by atoms with van der Waals surface area (Å²) < 4.78 is 3.10. The van der Waals surface area contributed by atoms with Gasteiger partial charge < -0.3 is 9.88 Å². The Balaban J connectivity index is 1.82. The van der Waals surface area contributed by atoms with Crippen molar-refractivity contribution < 1.29 is 4.79 Å². The number of halogens is 2. The monoisotopic (exact) mass is 467 g/mol. The number of hydrogen-bond acceptors (Lipinski definition) is 2. The van der Waals surface area contributed by atoms with E-state index in [1.807, 2.05) is 62.4 Å². The maximum Gasteiger partial charge on any atom is 0.262 e. The minimum Gasteiger partial charge on any atom is -0.347 e. The van der Waals surface area contributed by atoms with Gasteiger partial charge in [0.25, 0.3) is 5.91 Å². The Morgan fingerprint density at radius 2 is 1.83 bits per heavy atom. The van der Waals surface area contributed by atoms with Crippen LogP contribution in [0, 0.1) is 25.2 Å². The third kappa shape index (κ3) is 4.97. The lowest BCUT2D eigenvalue weighted by Crippen LogP contribution is -2.23. The first-order valence-electron chi connectivity index (χ1n) is 8.98. The Bertz CT molecular complexity index is 1110. The molecule has 0 spiro atoms. The van der Waals surface area contributed by atoms with Crippen molar-refractivity contribution in [1.82, 2.24) is 9.88 Å². The van der Waals surface area contributed by atoms with Crippen LogP contribution >= 0.6 is 27.5 Å². The number of hydrogen-bond donors (Lipinski definition) is 1. The third-order valence-electron chi connectivity index (χ3n) is 4.59. The maximum atomic E-state index is 12.5. The predicted octanol–water partition coefficient (Wildman–Crippen LogP) is 5.73. The van der Waals surface area contributed by atoms with E-state index in [0.717, 1.165) is 32.7 Å². The van der Waals surface area contributed by atoms with E-state index < -0.39 is 5.91 Å². The van der Waals surface area contributed by atoms with Crippen LogP contribution in [0.4, 0.5) is 0 Å². The Kier molecular flexibility index (Phi) is 6.58. The first-order chi connectivity index (χ1) is 13.9. The summed E-state index contributed by atoms with van der Waals surface area (Å²) >= 11 is 9.32. The van der Waals surface area contributed by atoms with Crippen molar-refractivity contribution in [2.75, 3.05) is 0 Å². The molecule has 0 saturated heterocycles. The Morgan fingerprint density at radius 1 is 1.17 bits per heavy atom. The minimum absolute atomic E-state index is 0.0648. The van der Waals surface area contributed by atoms with Crippen molar-refractivity contribution in [1.29, 1.82) is 5.26 Å². The summed E-state index contributed by atoms with van der Waals surface area (Å²) in [6.45, 7) is 4.30. The Hall–Kier alpha value is -2.81. The lowest BCUT2D eigenvalue weighted by atomic mass is 10.1. The number of aromatic nitrogens is 1. The van der Waals surface area contributed by atoms with Gasteiger partial charge in [0, 0.05) is 33.1 Å². The van der Waals surface area contributed by atoms with Crippen molar-refractivity contribution in [3.8, 4) is 11.8 Å². The molecule has 0 radical (unpaired) electrons. The first-order valence-corrected chi connectivity index (χ1v) is 10.2. The highest BCUT2D eigenvalue weighted by molar-refractivity contribution is 9.10. The van der Waals surface area contributed by atoms with Crippen LogP contribution in [0.2, 0.25) is 5.02 Å². The molecule has 1 aromatic heterocycles. The van der Waals surface area contributed by atoms with E-state index in [2.05, 4.69) is 25.8 Å². The molecule has 1 heterocycles. The summed E-state index contributed by atoms with van der Waals surface area (Å²) in [5.74, 6) is -0.407. The van der Waals surface area contributed by atoms with Crippen LogP contribution in [0.3, 0.4) is 0 Å². The van der Waals surface area contributed by atoms with Crippen LogP contribution in [0.15, 0.2) is 64.6 Å². The van der Waals surface area contributed by atoms with Gasteiger partial charge in [-0.25, -0.2) is 0 Å². The van der Waals surface area contributed by atoms with Gasteiger partial charge in [-0.1, -0.05) is 39.7 Å². The van der Waals surface area contributed by atoms with E-state index in [0.29, 0.717) is 11.6 Å². The summed E-state index contributed by atoms with van der Waals surface area (Å²) in [4.78, 5) is 12.5. The molecule has 1 amide bonds.